The zero-order valence-corrected chi connectivity index (χ0v) is 14.5. The number of benzene rings is 2. The summed E-state index contributed by atoms with van der Waals surface area (Å²) in [4.78, 5) is 15.7. The fourth-order valence-electron chi connectivity index (χ4n) is 2.56. The van der Waals surface area contributed by atoms with Gasteiger partial charge < -0.3 is 4.90 Å². The van der Waals surface area contributed by atoms with Crippen molar-refractivity contribution in [2.75, 3.05) is 20.6 Å². The van der Waals surface area contributed by atoms with Crippen molar-refractivity contribution in [3.8, 4) is 0 Å². The van der Waals surface area contributed by atoms with Gasteiger partial charge in [-0.05, 0) is 49.4 Å². The zero-order chi connectivity index (χ0) is 18.6. The van der Waals surface area contributed by atoms with Gasteiger partial charge in [-0.3, -0.25) is 9.69 Å². The van der Waals surface area contributed by atoms with E-state index in [0.717, 1.165) is 17.7 Å². The minimum absolute atomic E-state index is 0.126. The van der Waals surface area contributed by atoms with Crippen molar-refractivity contribution >= 4 is 5.91 Å². The molecule has 2 aromatic carbocycles. The highest BCUT2D eigenvalue weighted by Gasteiger charge is 2.20. The molecule has 1 atom stereocenters. The van der Waals surface area contributed by atoms with Gasteiger partial charge >= 0.3 is 0 Å². The molecular formula is C19H21F3N2O. The normalized spacial score (nSPS) is 12.3. The molecule has 0 aliphatic rings. The summed E-state index contributed by atoms with van der Waals surface area (Å²) in [6.07, 6.45) is 0. The molecule has 0 aliphatic carbocycles. The number of likely N-dealkylation sites (N-methyl/N-ethyl adjacent to an activating group) is 2. The molecule has 0 fully saturated rings. The lowest BCUT2D eigenvalue weighted by molar-refractivity contribution is -0.132. The molecule has 0 heterocycles. The van der Waals surface area contributed by atoms with Gasteiger partial charge in [0.05, 0.1) is 12.6 Å². The van der Waals surface area contributed by atoms with Gasteiger partial charge in [-0.15, -0.1) is 0 Å². The molecule has 0 N–H and O–H groups in total. The highest BCUT2D eigenvalue weighted by molar-refractivity contribution is 5.78. The SMILES string of the molecule is CC(c1ccc(F)c(F)c1)N(C)C(=O)CN(C)Cc1cccc(F)c1. The molecule has 0 radical (unpaired) electrons. The molecule has 0 aromatic heterocycles. The maximum Gasteiger partial charge on any atom is 0.236 e. The second-order valence-corrected chi connectivity index (χ2v) is 6.16. The van der Waals surface area contributed by atoms with E-state index >= 15 is 0 Å². The monoisotopic (exact) mass is 350 g/mol. The summed E-state index contributed by atoms with van der Waals surface area (Å²) in [6.45, 7) is 2.30. The number of hydrogen-bond acceptors (Lipinski definition) is 2. The first kappa shape index (κ1) is 19.0. The van der Waals surface area contributed by atoms with E-state index in [2.05, 4.69) is 0 Å². The molecular weight excluding hydrogens is 329 g/mol. The number of hydrogen-bond donors (Lipinski definition) is 0. The Hall–Kier alpha value is -2.34. The van der Waals surface area contributed by atoms with Gasteiger partial charge in [0.1, 0.15) is 5.82 Å². The van der Waals surface area contributed by atoms with Crippen LogP contribution >= 0.6 is 0 Å². The van der Waals surface area contributed by atoms with E-state index in [-0.39, 0.29) is 18.3 Å². The zero-order valence-electron chi connectivity index (χ0n) is 14.5. The number of carbonyl (C=O) groups is 1. The van der Waals surface area contributed by atoms with Crippen LogP contribution in [0.15, 0.2) is 42.5 Å². The Morgan fingerprint density at radius 3 is 2.40 bits per heavy atom. The Bertz CT molecular complexity index is 751. The van der Waals surface area contributed by atoms with E-state index in [1.165, 1.54) is 23.1 Å². The fraction of sp³-hybridized carbons (Fsp3) is 0.316. The molecule has 1 unspecified atom stereocenters. The van der Waals surface area contributed by atoms with Gasteiger partial charge in [-0.1, -0.05) is 18.2 Å². The van der Waals surface area contributed by atoms with Crippen molar-refractivity contribution in [2.24, 2.45) is 0 Å². The number of amides is 1. The largest absolute Gasteiger partial charge is 0.338 e. The third-order valence-electron chi connectivity index (χ3n) is 4.15. The lowest BCUT2D eigenvalue weighted by Gasteiger charge is -2.27. The Morgan fingerprint density at radius 1 is 1.04 bits per heavy atom. The van der Waals surface area contributed by atoms with E-state index in [1.54, 1.807) is 38.1 Å². The Kier molecular flexibility index (Phi) is 6.20. The summed E-state index contributed by atoms with van der Waals surface area (Å²) in [5.41, 5.74) is 1.29. The van der Waals surface area contributed by atoms with Crippen LogP contribution in [0.1, 0.15) is 24.1 Å². The van der Waals surface area contributed by atoms with Crippen molar-refractivity contribution in [1.82, 2.24) is 9.80 Å². The van der Waals surface area contributed by atoms with E-state index in [4.69, 9.17) is 0 Å². The molecule has 2 rings (SSSR count). The predicted molar refractivity (Wildman–Crippen MR) is 90.3 cm³/mol. The Balaban J connectivity index is 1.97. The van der Waals surface area contributed by atoms with Crippen molar-refractivity contribution in [1.29, 1.82) is 0 Å². The van der Waals surface area contributed by atoms with Gasteiger partial charge in [0.25, 0.3) is 0 Å². The first-order valence-electron chi connectivity index (χ1n) is 7.91. The molecule has 25 heavy (non-hydrogen) atoms. The summed E-state index contributed by atoms with van der Waals surface area (Å²) in [6, 6.07) is 9.42. The highest BCUT2D eigenvalue weighted by Crippen LogP contribution is 2.21. The molecule has 3 nitrogen and oxygen atoms in total. The van der Waals surface area contributed by atoms with Crippen LogP contribution in [0.5, 0.6) is 0 Å². The standard InChI is InChI=1S/C19H21F3N2O/c1-13(15-7-8-17(21)18(22)10-15)24(3)19(25)12-23(2)11-14-5-4-6-16(20)9-14/h4-10,13H,11-12H2,1-3H3. The van der Waals surface area contributed by atoms with Gasteiger partial charge in [0, 0.05) is 13.6 Å². The summed E-state index contributed by atoms with van der Waals surface area (Å²) < 4.78 is 39.6. The van der Waals surface area contributed by atoms with Crippen LogP contribution < -0.4 is 0 Å². The van der Waals surface area contributed by atoms with Gasteiger partial charge in [-0.25, -0.2) is 13.2 Å². The van der Waals surface area contributed by atoms with E-state index < -0.39 is 17.7 Å². The maximum absolute atomic E-state index is 13.4. The van der Waals surface area contributed by atoms with Crippen molar-refractivity contribution in [2.45, 2.75) is 19.5 Å². The van der Waals surface area contributed by atoms with Crippen LogP contribution in [0.3, 0.4) is 0 Å². The molecule has 0 saturated carbocycles. The molecule has 1 amide bonds. The molecule has 0 aliphatic heterocycles. The topological polar surface area (TPSA) is 23.6 Å². The average Bonchev–Trinajstić information content (AvgIpc) is 2.55. The van der Waals surface area contributed by atoms with Crippen LogP contribution in [0.4, 0.5) is 13.2 Å². The van der Waals surface area contributed by atoms with E-state index in [9.17, 15) is 18.0 Å². The molecule has 6 heteroatoms. The van der Waals surface area contributed by atoms with Crippen LogP contribution in [0, 0.1) is 17.5 Å². The Labute approximate surface area is 145 Å². The molecule has 134 valence electrons. The number of rotatable bonds is 6. The summed E-state index contributed by atoms with van der Waals surface area (Å²) in [5.74, 6) is -2.34. The number of halogens is 3. The second kappa shape index (κ2) is 8.16. The van der Waals surface area contributed by atoms with Crippen molar-refractivity contribution in [3.63, 3.8) is 0 Å². The lowest BCUT2D eigenvalue weighted by Crippen LogP contribution is -2.37. The maximum atomic E-state index is 13.4. The quantitative estimate of drug-likeness (QED) is 0.792. The second-order valence-electron chi connectivity index (χ2n) is 6.16. The third kappa shape index (κ3) is 5.06. The third-order valence-corrected chi connectivity index (χ3v) is 4.15. The van der Waals surface area contributed by atoms with Gasteiger partial charge in [0.15, 0.2) is 11.6 Å². The molecule has 2 aromatic rings. The summed E-state index contributed by atoms with van der Waals surface area (Å²) >= 11 is 0. The van der Waals surface area contributed by atoms with E-state index in [1.807, 2.05) is 0 Å². The fourth-order valence-corrected chi connectivity index (χ4v) is 2.56. The van der Waals surface area contributed by atoms with Crippen molar-refractivity contribution < 1.29 is 18.0 Å². The number of nitrogens with zero attached hydrogens (tertiary/aromatic N) is 2. The Morgan fingerprint density at radius 2 is 1.76 bits per heavy atom. The minimum atomic E-state index is -0.937. The van der Waals surface area contributed by atoms with Gasteiger partial charge in [0.2, 0.25) is 5.91 Å². The van der Waals surface area contributed by atoms with E-state index in [0.29, 0.717) is 12.1 Å². The summed E-state index contributed by atoms with van der Waals surface area (Å²) in [5, 5.41) is 0. The average molecular weight is 350 g/mol. The predicted octanol–water partition coefficient (Wildman–Crippen LogP) is 3.76. The smallest absolute Gasteiger partial charge is 0.236 e. The van der Waals surface area contributed by atoms with Crippen molar-refractivity contribution in [3.05, 3.63) is 71.0 Å². The molecule has 0 saturated heterocycles. The first-order valence-corrected chi connectivity index (χ1v) is 7.91. The van der Waals surface area contributed by atoms with Crippen LogP contribution in [0.25, 0.3) is 0 Å². The minimum Gasteiger partial charge on any atom is -0.338 e. The highest BCUT2D eigenvalue weighted by atomic mass is 19.2. The molecule has 0 spiro atoms. The summed E-state index contributed by atoms with van der Waals surface area (Å²) in [7, 11) is 3.38. The lowest BCUT2D eigenvalue weighted by atomic mass is 10.1. The van der Waals surface area contributed by atoms with Crippen LogP contribution in [-0.2, 0) is 11.3 Å². The van der Waals surface area contributed by atoms with Crippen LogP contribution in [-0.4, -0.2) is 36.3 Å². The number of carbonyl (C=O) groups excluding carboxylic acids is 1. The van der Waals surface area contributed by atoms with Gasteiger partial charge in [-0.2, -0.15) is 0 Å². The molecule has 0 bridgehead atoms. The first-order chi connectivity index (χ1) is 11.8. The van der Waals surface area contributed by atoms with Crippen LogP contribution in [0.2, 0.25) is 0 Å².